The SMILES string of the molecule is O=c1[nH]c(=O)c2c(ncn2CF)[nH]1. The minimum absolute atomic E-state index is 0.0297. The number of nitrogens with zero attached hydrogens (tertiary/aromatic N) is 2. The van der Waals surface area contributed by atoms with E-state index in [0.717, 1.165) is 10.9 Å². The van der Waals surface area contributed by atoms with Gasteiger partial charge in [0.2, 0.25) is 0 Å². The van der Waals surface area contributed by atoms with Gasteiger partial charge in [-0.15, -0.1) is 0 Å². The normalized spacial score (nSPS) is 10.8. The minimum Gasteiger partial charge on any atom is -0.296 e. The number of nitrogens with one attached hydrogen (secondary N) is 2. The Balaban J connectivity index is 2.99. The van der Waals surface area contributed by atoms with Crippen LogP contribution in [0.2, 0.25) is 0 Å². The average Bonchev–Trinajstić information content (AvgIpc) is 2.47. The van der Waals surface area contributed by atoms with Gasteiger partial charge in [-0.25, -0.2) is 14.2 Å². The number of aromatic amines is 2. The van der Waals surface area contributed by atoms with Gasteiger partial charge in [-0.2, -0.15) is 0 Å². The van der Waals surface area contributed by atoms with Crippen LogP contribution in [0.3, 0.4) is 0 Å². The number of hydrogen-bond acceptors (Lipinski definition) is 3. The molecule has 0 aliphatic heterocycles. The van der Waals surface area contributed by atoms with Gasteiger partial charge in [0.05, 0.1) is 6.33 Å². The summed E-state index contributed by atoms with van der Waals surface area (Å²) < 4.78 is 13.3. The summed E-state index contributed by atoms with van der Waals surface area (Å²) in [5.41, 5.74) is -1.18. The molecule has 2 rings (SSSR count). The Kier molecular flexibility index (Phi) is 1.51. The second-order valence-corrected chi connectivity index (χ2v) is 2.44. The highest BCUT2D eigenvalue weighted by molar-refractivity contribution is 5.68. The van der Waals surface area contributed by atoms with Gasteiger partial charge in [0.1, 0.15) is 0 Å². The van der Waals surface area contributed by atoms with E-state index in [2.05, 4.69) is 9.97 Å². The highest BCUT2D eigenvalue weighted by atomic mass is 19.1. The Labute approximate surface area is 70.0 Å². The van der Waals surface area contributed by atoms with Gasteiger partial charge in [0.25, 0.3) is 5.56 Å². The Bertz CT molecular complexity index is 551. The van der Waals surface area contributed by atoms with Gasteiger partial charge in [0.15, 0.2) is 18.0 Å². The fourth-order valence-electron chi connectivity index (χ4n) is 1.10. The Morgan fingerprint density at radius 1 is 1.46 bits per heavy atom. The van der Waals surface area contributed by atoms with Crippen molar-refractivity contribution in [2.45, 2.75) is 6.80 Å². The monoisotopic (exact) mass is 184 g/mol. The first-order valence-electron chi connectivity index (χ1n) is 3.46. The highest BCUT2D eigenvalue weighted by Gasteiger charge is 2.06. The number of hydrogen-bond donors (Lipinski definition) is 2. The van der Waals surface area contributed by atoms with Crippen LogP contribution in [-0.4, -0.2) is 19.5 Å². The van der Waals surface area contributed by atoms with Crippen LogP contribution in [0, 0.1) is 0 Å². The van der Waals surface area contributed by atoms with Crippen molar-refractivity contribution in [3.05, 3.63) is 27.2 Å². The number of fused-ring (bicyclic) bond motifs is 1. The van der Waals surface area contributed by atoms with Crippen LogP contribution < -0.4 is 11.2 Å². The Morgan fingerprint density at radius 3 is 2.92 bits per heavy atom. The lowest BCUT2D eigenvalue weighted by Crippen LogP contribution is -2.23. The van der Waals surface area contributed by atoms with Crippen molar-refractivity contribution in [3.8, 4) is 0 Å². The van der Waals surface area contributed by atoms with Crippen molar-refractivity contribution < 1.29 is 4.39 Å². The van der Waals surface area contributed by atoms with E-state index in [9.17, 15) is 14.0 Å². The molecule has 0 aliphatic carbocycles. The molecular weight excluding hydrogens is 179 g/mol. The zero-order valence-corrected chi connectivity index (χ0v) is 6.37. The minimum atomic E-state index is -0.856. The van der Waals surface area contributed by atoms with Gasteiger partial charge in [-0.1, -0.05) is 0 Å². The number of H-pyrrole nitrogens is 2. The summed E-state index contributed by atoms with van der Waals surface area (Å²) in [4.78, 5) is 29.8. The third-order valence-corrected chi connectivity index (χ3v) is 1.64. The fourth-order valence-corrected chi connectivity index (χ4v) is 1.10. The summed E-state index contributed by atoms with van der Waals surface area (Å²) in [5.74, 6) is 0. The molecule has 2 N–H and O–H groups in total. The predicted molar refractivity (Wildman–Crippen MR) is 42.1 cm³/mol. The maximum absolute atomic E-state index is 12.2. The van der Waals surface area contributed by atoms with Crippen LogP contribution in [-0.2, 0) is 6.80 Å². The van der Waals surface area contributed by atoms with Crippen LogP contribution >= 0.6 is 0 Å². The van der Waals surface area contributed by atoms with E-state index in [1.54, 1.807) is 0 Å². The van der Waals surface area contributed by atoms with Crippen LogP contribution in [0.1, 0.15) is 0 Å². The van der Waals surface area contributed by atoms with Crippen molar-refractivity contribution in [1.29, 1.82) is 0 Å². The standard InChI is InChI=1S/C6H5FN4O2/c7-1-11-2-8-4-3(11)5(12)10-6(13)9-4/h2H,1H2,(H2,9,10,12,13). The topological polar surface area (TPSA) is 83.5 Å². The second kappa shape index (κ2) is 2.54. The Hall–Kier alpha value is -1.92. The van der Waals surface area contributed by atoms with E-state index >= 15 is 0 Å². The van der Waals surface area contributed by atoms with Gasteiger partial charge in [-0.05, 0) is 0 Å². The summed E-state index contributed by atoms with van der Waals surface area (Å²) in [6, 6.07) is 0. The first kappa shape index (κ1) is 7.71. The molecule has 2 aromatic rings. The summed E-state index contributed by atoms with van der Waals surface area (Å²) in [7, 11) is 0. The first-order valence-corrected chi connectivity index (χ1v) is 3.46. The van der Waals surface area contributed by atoms with E-state index in [1.165, 1.54) is 0 Å². The molecule has 0 bridgehead atoms. The predicted octanol–water partition coefficient (Wildman–Crippen LogP) is -0.660. The van der Waals surface area contributed by atoms with Crippen LogP contribution in [0.4, 0.5) is 4.39 Å². The van der Waals surface area contributed by atoms with Gasteiger partial charge in [0, 0.05) is 0 Å². The van der Waals surface area contributed by atoms with Gasteiger partial charge >= 0.3 is 5.69 Å². The number of halogens is 1. The molecule has 0 fully saturated rings. The zero-order chi connectivity index (χ0) is 9.42. The van der Waals surface area contributed by atoms with Crippen LogP contribution in [0.5, 0.6) is 0 Å². The molecule has 0 aliphatic rings. The van der Waals surface area contributed by atoms with Crippen molar-refractivity contribution in [2.24, 2.45) is 0 Å². The second-order valence-electron chi connectivity index (χ2n) is 2.44. The summed E-state index contributed by atoms with van der Waals surface area (Å²) in [6.07, 6.45) is 1.15. The molecule has 0 radical (unpaired) electrons. The molecule has 0 spiro atoms. The third kappa shape index (κ3) is 1.05. The average molecular weight is 184 g/mol. The quantitative estimate of drug-likeness (QED) is 0.617. The molecule has 0 unspecified atom stereocenters. The number of rotatable bonds is 1. The molecule has 2 aromatic heterocycles. The van der Waals surface area contributed by atoms with Gasteiger partial charge in [-0.3, -0.25) is 19.3 Å². The van der Waals surface area contributed by atoms with Crippen molar-refractivity contribution in [2.75, 3.05) is 0 Å². The lowest BCUT2D eigenvalue weighted by atomic mass is 10.5. The van der Waals surface area contributed by atoms with Gasteiger partial charge < -0.3 is 0 Å². The molecule has 0 atom stereocenters. The molecule has 0 aromatic carbocycles. The molecule has 0 amide bonds. The molecule has 7 heteroatoms. The lowest BCUT2D eigenvalue weighted by molar-refractivity contribution is 0.384. The summed E-state index contributed by atoms with van der Waals surface area (Å²) in [5, 5.41) is 0. The van der Waals surface area contributed by atoms with Crippen molar-refractivity contribution >= 4 is 11.2 Å². The molecule has 13 heavy (non-hydrogen) atoms. The van der Waals surface area contributed by atoms with Crippen molar-refractivity contribution in [1.82, 2.24) is 19.5 Å². The lowest BCUT2D eigenvalue weighted by Gasteiger charge is -1.92. The zero-order valence-electron chi connectivity index (χ0n) is 6.37. The van der Waals surface area contributed by atoms with E-state index in [1.807, 2.05) is 4.98 Å². The van der Waals surface area contributed by atoms with E-state index in [4.69, 9.17) is 0 Å². The number of alkyl halides is 1. The third-order valence-electron chi connectivity index (χ3n) is 1.64. The molecule has 2 heterocycles. The summed E-state index contributed by atoms with van der Waals surface area (Å²) in [6.45, 7) is -0.856. The smallest absolute Gasteiger partial charge is 0.296 e. The molecule has 6 nitrogen and oxygen atoms in total. The van der Waals surface area contributed by atoms with E-state index in [0.29, 0.717) is 0 Å². The van der Waals surface area contributed by atoms with Crippen LogP contribution in [0.25, 0.3) is 11.2 Å². The summed E-state index contributed by atoms with van der Waals surface area (Å²) >= 11 is 0. The maximum Gasteiger partial charge on any atom is 0.327 e. The fraction of sp³-hybridized carbons (Fsp3) is 0.167. The highest BCUT2D eigenvalue weighted by Crippen LogP contribution is 2.01. The van der Waals surface area contributed by atoms with E-state index < -0.39 is 18.0 Å². The number of aromatic nitrogens is 4. The van der Waals surface area contributed by atoms with Crippen molar-refractivity contribution in [3.63, 3.8) is 0 Å². The van der Waals surface area contributed by atoms with Crippen LogP contribution in [0.15, 0.2) is 15.9 Å². The molecule has 68 valence electrons. The molecular formula is C6H5FN4O2. The maximum atomic E-state index is 12.2. The Morgan fingerprint density at radius 2 is 2.23 bits per heavy atom. The molecule has 0 saturated heterocycles. The van der Waals surface area contributed by atoms with E-state index in [-0.39, 0.29) is 11.2 Å². The first-order chi connectivity index (χ1) is 6.22. The largest absolute Gasteiger partial charge is 0.327 e. The number of imidazole rings is 1. The molecule has 0 saturated carbocycles.